The van der Waals surface area contributed by atoms with Crippen LogP contribution in [0, 0.1) is 19.9 Å². The van der Waals surface area contributed by atoms with E-state index in [1.165, 1.54) is 9.75 Å². The molecule has 2 nitrogen and oxygen atoms in total. The Morgan fingerprint density at radius 1 is 1.50 bits per heavy atom. The first kappa shape index (κ1) is 13.9. The number of aryl methyl sites for hydroxylation is 3. The smallest absolute Gasteiger partial charge is 0.0821 e. The summed E-state index contributed by atoms with van der Waals surface area (Å²) < 4.78 is 1.82. The van der Waals surface area contributed by atoms with Gasteiger partial charge in [0.1, 0.15) is 0 Å². The Hall–Kier alpha value is -0.151. The van der Waals surface area contributed by atoms with Crippen molar-refractivity contribution in [2.24, 2.45) is 0 Å². The number of thiophene rings is 1. The van der Waals surface area contributed by atoms with E-state index in [2.05, 4.69) is 18.1 Å². The molecule has 2 aromatic heterocycles. The van der Waals surface area contributed by atoms with Crippen molar-refractivity contribution in [3.63, 3.8) is 0 Å². The summed E-state index contributed by atoms with van der Waals surface area (Å²) in [5.74, 6) is 0. The van der Waals surface area contributed by atoms with Gasteiger partial charge in [-0.25, -0.2) is 6.07 Å². The van der Waals surface area contributed by atoms with Crippen LogP contribution in [0.2, 0.25) is 5.02 Å². The molecule has 0 saturated carbocycles. The molecule has 0 aromatic carbocycles. The van der Waals surface area contributed by atoms with Crippen LogP contribution in [0.15, 0.2) is 6.20 Å². The quantitative estimate of drug-likeness (QED) is 0.665. The zero-order valence-electron chi connectivity index (χ0n) is 9.30. The fourth-order valence-electron chi connectivity index (χ4n) is 1.52. The van der Waals surface area contributed by atoms with Crippen LogP contribution in [0.4, 0.5) is 0 Å². The van der Waals surface area contributed by atoms with Gasteiger partial charge in [-0.15, -0.1) is 9.75 Å². The van der Waals surface area contributed by atoms with E-state index in [1.807, 2.05) is 24.7 Å². The molecule has 5 heteroatoms. The van der Waals surface area contributed by atoms with Gasteiger partial charge >= 0.3 is 0 Å². The molecule has 0 bridgehead atoms. The maximum atomic E-state index is 6.06. The number of nitrogens with zero attached hydrogens (tertiary/aromatic N) is 2. The second-order valence-electron chi connectivity index (χ2n) is 3.41. The molecule has 0 saturated heterocycles. The van der Waals surface area contributed by atoms with E-state index >= 15 is 0 Å². The average molecular weight is 432 g/mol. The second kappa shape index (κ2) is 5.46. The Balaban J connectivity index is 0.00000128. The summed E-state index contributed by atoms with van der Waals surface area (Å²) in [6.45, 7) is 6.17. The van der Waals surface area contributed by atoms with E-state index in [9.17, 15) is 0 Å². The van der Waals surface area contributed by atoms with Crippen molar-refractivity contribution in [1.29, 1.82) is 0 Å². The van der Waals surface area contributed by atoms with E-state index in [0.29, 0.717) is 0 Å². The molecular formula is C11H12ClIrN2S-. The molecule has 0 unspecified atom stereocenters. The van der Waals surface area contributed by atoms with Crippen LogP contribution in [0.5, 0.6) is 0 Å². The van der Waals surface area contributed by atoms with Crippen molar-refractivity contribution in [1.82, 2.24) is 9.78 Å². The van der Waals surface area contributed by atoms with E-state index in [0.717, 1.165) is 22.8 Å². The van der Waals surface area contributed by atoms with Crippen molar-refractivity contribution in [2.45, 2.75) is 27.2 Å². The Morgan fingerprint density at radius 2 is 2.19 bits per heavy atom. The average Bonchev–Trinajstić information content (AvgIpc) is 2.69. The van der Waals surface area contributed by atoms with Crippen molar-refractivity contribution >= 4 is 22.9 Å². The molecule has 2 rings (SSSR count). The molecule has 0 atom stereocenters. The van der Waals surface area contributed by atoms with Crippen molar-refractivity contribution < 1.29 is 20.1 Å². The first-order valence-electron chi connectivity index (χ1n) is 4.85. The monoisotopic (exact) mass is 432 g/mol. The van der Waals surface area contributed by atoms with E-state index in [1.54, 1.807) is 11.3 Å². The van der Waals surface area contributed by atoms with Gasteiger partial charge in [-0.2, -0.15) is 5.10 Å². The fraction of sp³-hybridized carbons (Fsp3) is 0.364. The minimum Gasteiger partial charge on any atom is -0.274 e. The zero-order valence-corrected chi connectivity index (χ0v) is 13.3. The van der Waals surface area contributed by atoms with Gasteiger partial charge in [0.15, 0.2) is 0 Å². The van der Waals surface area contributed by atoms with Gasteiger partial charge in [-0.3, -0.25) is 16.0 Å². The molecule has 2 heterocycles. The molecule has 16 heavy (non-hydrogen) atoms. The predicted molar refractivity (Wildman–Crippen MR) is 64.1 cm³/mol. The van der Waals surface area contributed by atoms with Gasteiger partial charge in [0.2, 0.25) is 0 Å². The van der Waals surface area contributed by atoms with Crippen LogP contribution >= 0.6 is 22.9 Å². The summed E-state index contributed by atoms with van der Waals surface area (Å²) in [6.07, 6.45) is 2.71. The molecule has 0 fully saturated rings. The summed E-state index contributed by atoms with van der Waals surface area (Å²) in [5, 5.41) is 5.16. The van der Waals surface area contributed by atoms with Gasteiger partial charge in [0.25, 0.3) is 0 Å². The zero-order chi connectivity index (χ0) is 11.0. The number of rotatable bonds is 2. The van der Waals surface area contributed by atoms with E-state index in [-0.39, 0.29) is 20.1 Å². The molecular weight excluding hydrogens is 420 g/mol. The van der Waals surface area contributed by atoms with E-state index < -0.39 is 0 Å². The van der Waals surface area contributed by atoms with Crippen LogP contribution in [0.25, 0.3) is 5.69 Å². The minimum atomic E-state index is 0. The molecule has 0 spiro atoms. The topological polar surface area (TPSA) is 17.8 Å². The van der Waals surface area contributed by atoms with Crippen LogP contribution in [0.1, 0.15) is 22.4 Å². The number of aromatic nitrogens is 2. The number of hydrogen-bond acceptors (Lipinski definition) is 2. The molecule has 89 valence electrons. The third-order valence-electron chi connectivity index (χ3n) is 2.24. The Bertz CT molecular complexity index is 490. The Kier molecular flexibility index (Phi) is 4.74. The molecule has 2 aromatic rings. The predicted octanol–water partition coefficient (Wildman–Crippen LogP) is 3.56. The number of hydrogen-bond donors (Lipinski definition) is 0. The van der Waals surface area contributed by atoms with Gasteiger partial charge in [0.05, 0.1) is 10.7 Å². The summed E-state index contributed by atoms with van der Waals surface area (Å²) in [7, 11) is 0. The Labute approximate surface area is 118 Å². The van der Waals surface area contributed by atoms with Crippen molar-refractivity contribution in [3.05, 3.63) is 32.7 Å². The SMILES string of the molecule is CCc1nn(-c2[c-]c(C)sc2C)cc1Cl.[Ir]. The first-order valence-corrected chi connectivity index (χ1v) is 6.05. The molecule has 0 aliphatic rings. The van der Waals surface area contributed by atoms with Gasteiger partial charge < -0.3 is 0 Å². The number of halogens is 1. The third kappa shape index (κ3) is 2.57. The van der Waals surface area contributed by atoms with Gasteiger partial charge in [0, 0.05) is 26.3 Å². The molecule has 0 aliphatic heterocycles. The molecule has 1 radical (unpaired) electrons. The third-order valence-corrected chi connectivity index (χ3v) is 3.46. The standard InChI is InChI=1S/C11H12ClN2S.Ir/c1-4-10-9(12)6-14(13-10)11-5-7(2)15-8(11)3;/h6H,4H2,1-3H3;/q-1;. The van der Waals surface area contributed by atoms with Crippen molar-refractivity contribution in [3.8, 4) is 5.69 Å². The largest absolute Gasteiger partial charge is 0.274 e. The normalized spacial score (nSPS) is 10.2. The Morgan fingerprint density at radius 3 is 2.62 bits per heavy atom. The summed E-state index contributed by atoms with van der Waals surface area (Å²) in [6, 6.07) is 3.29. The van der Waals surface area contributed by atoms with Crippen LogP contribution in [-0.4, -0.2) is 9.78 Å². The minimum absolute atomic E-state index is 0. The summed E-state index contributed by atoms with van der Waals surface area (Å²) >= 11 is 7.79. The van der Waals surface area contributed by atoms with Crippen LogP contribution in [-0.2, 0) is 26.5 Å². The maximum Gasteiger partial charge on any atom is 0.0821 e. The van der Waals surface area contributed by atoms with Crippen molar-refractivity contribution in [2.75, 3.05) is 0 Å². The van der Waals surface area contributed by atoms with E-state index in [4.69, 9.17) is 11.6 Å². The van der Waals surface area contributed by atoms with Crippen LogP contribution < -0.4 is 0 Å². The molecule has 0 N–H and O–H groups in total. The molecule has 0 amide bonds. The van der Waals surface area contributed by atoms with Gasteiger partial charge in [-0.05, 0) is 13.3 Å². The summed E-state index contributed by atoms with van der Waals surface area (Å²) in [4.78, 5) is 2.39. The molecule has 0 aliphatic carbocycles. The first-order chi connectivity index (χ1) is 7.11. The maximum absolute atomic E-state index is 6.06. The van der Waals surface area contributed by atoms with Gasteiger partial charge in [-0.1, -0.05) is 31.1 Å². The second-order valence-corrected chi connectivity index (χ2v) is 5.25. The fourth-order valence-corrected chi connectivity index (χ4v) is 2.63. The van der Waals surface area contributed by atoms with Crippen LogP contribution in [0.3, 0.4) is 0 Å². The summed E-state index contributed by atoms with van der Waals surface area (Å²) in [5.41, 5.74) is 1.95.